The molecule has 1 heterocycles. The van der Waals surface area contributed by atoms with Gasteiger partial charge in [0.2, 0.25) is 10.0 Å². The summed E-state index contributed by atoms with van der Waals surface area (Å²) in [5, 5.41) is 10.5. The van der Waals surface area contributed by atoms with Gasteiger partial charge in [-0.15, -0.1) is 0 Å². The molecule has 2 rings (SSSR count). The third kappa shape index (κ3) is 3.77. The summed E-state index contributed by atoms with van der Waals surface area (Å²) in [7, 11) is -3.57. The SMILES string of the molecule is N#Cc1ccccc1CS(=O)(=O)NCc1csc(=O)[nH]1. The van der Waals surface area contributed by atoms with Gasteiger partial charge in [0.15, 0.2) is 0 Å². The molecular formula is C12H11N3O3S2. The number of aromatic nitrogens is 1. The van der Waals surface area contributed by atoms with Gasteiger partial charge in [0, 0.05) is 11.1 Å². The Balaban J connectivity index is 2.08. The average Bonchev–Trinajstić information content (AvgIpc) is 2.83. The van der Waals surface area contributed by atoms with Crippen LogP contribution >= 0.6 is 11.3 Å². The first-order valence-corrected chi connectivity index (χ1v) is 8.15. The summed E-state index contributed by atoms with van der Waals surface area (Å²) in [6.07, 6.45) is 0. The molecule has 20 heavy (non-hydrogen) atoms. The van der Waals surface area contributed by atoms with Crippen LogP contribution in [0.3, 0.4) is 0 Å². The smallest absolute Gasteiger partial charge is 0.304 e. The molecule has 0 atom stereocenters. The minimum atomic E-state index is -3.57. The lowest BCUT2D eigenvalue weighted by molar-refractivity contribution is 0.579. The van der Waals surface area contributed by atoms with Crippen molar-refractivity contribution in [3.05, 3.63) is 56.1 Å². The minimum absolute atomic E-state index is 0.0236. The zero-order valence-electron chi connectivity index (χ0n) is 10.3. The second-order valence-electron chi connectivity index (χ2n) is 4.02. The molecule has 1 aromatic carbocycles. The van der Waals surface area contributed by atoms with Crippen LogP contribution in [0, 0.1) is 11.3 Å². The molecule has 0 unspecified atom stereocenters. The van der Waals surface area contributed by atoms with Crippen LogP contribution < -0.4 is 9.60 Å². The molecule has 0 radical (unpaired) electrons. The normalized spacial score (nSPS) is 11.2. The zero-order valence-corrected chi connectivity index (χ0v) is 11.9. The molecule has 8 heteroatoms. The van der Waals surface area contributed by atoms with E-state index in [0.29, 0.717) is 16.8 Å². The standard InChI is InChI=1S/C12H11N3O3S2/c13-5-9-3-1-2-4-10(9)8-20(17,18)14-6-11-7-19-12(16)15-11/h1-4,7,14H,6,8H2,(H,15,16). The van der Waals surface area contributed by atoms with E-state index < -0.39 is 10.0 Å². The van der Waals surface area contributed by atoms with Gasteiger partial charge in [0.25, 0.3) is 0 Å². The fraction of sp³-hybridized carbons (Fsp3) is 0.167. The van der Waals surface area contributed by atoms with Crippen LogP contribution in [0.2, 0.25) is 0 Å². The fourth-order valence-corrected chi connectivity index (χ4v) is 3.32. The van der Waals surface area contributed by atoms with E-state index in [9.17, 15) is 13.2 Å². The number of nitrogens with one attached hydrogen (secondary N) is 2. The maximum Gasteiger partial charge on any atom is 0.304 e. The Labute approximate surface area is 119 Å². The zero-order chi connectivity index (χ0) is 14.6. The van der Waals surface area contributed by atoms with Gasteiger partial charge in [-0.3, -0.25) is 4.79 Å². The Kier molecular flexibility index (Phi) is 4.34. The number of nitriles is 1. The van der Waals surface area contributed by atoms with Gasteiger partial charge in [-0.25, -0.2) is 13.1 Å². The first-order valence-electron chi connectivity index (χ1n) is 5.62. The fourth-order valence-electron chi connectivity index (χ4n) is 1.60. The van der Waals surface area contributed by atoms with Gasteiger partial charge in [0.1, 0.15) is 0 Å². The molecule has 0 aliphatic heterocycles. The second kappa shape index (κ2) is 6.00. The lowest BCUT2D eigenvalue weighted by atomic mass is 10.1. The maximum atomic E-state index is 11.9. The molecule has 0 saturated heterocycles. The number of hydrogen-bond acceptors (Lipinski definition) is 5. The number of thiazole rings is 1. The van der Waals surface area contributed by atoms with Crippen molar-refractivity contribution < 1.29 is 8.42 Å². The molecule has 1 aromatic heterocycles. The van der Waals surface area contributed by atoms with Gasteiger partial charge in [-0.05, 0) is 11.6 Å². The molecular weight excluding hydrogens is 298 g/mol. The van der Waals surface area contributed by atoms with Crippen LogP contribution in [0.4, 0.5) is 0 Å². The first-order chi connectivity index (χ1) is 9.50. The highest BCUT2D eigenvalue weighted by Crippen LogP contribution is 2.11. The molecule has 0 aliphatic rings. The highest BCUT2D eigenvalue weighted by Gasteiger charge is 2.14. The molecule has 6 nitrogen and oxygen atoms in total. The van der Waals surface area contributed by atoms with Crippen molar-refractivity contribution in [2.75, 3.05) is 0 Å². The molecule has 0 saturated carbocycles. The largest absolute Gasteiger partial charge is 0.315 e. The van der Waals surface area contributed by atoms with E-state index in [1.807, 2.05) is 6.07 Å². The predicted molar refractivity (Wildman–Crippen MR) is 75.6 cm³/mol. The monoisotopic (exact) mass is 309 g/mol. The Bertz CT molecular complexity index is 800. The predicted octanol–water partition coefficient (Wildman–Crippen LogP) is 0.928. The third-order valence-corrected chi connectivity index (χ3v) is 4.53. The number of hydrogen-bond donors (Lipinski definition) is 2. The number of rotatable bonds is 5. The number of nitrogens with zero attached hydrogens (tertiary/aromatic N) is 1. The van der Waals surface area contributed by atoms with Crippen LogP contribution in [-0.4, -0.2) is 13.4 Å². The van der Waals surface area contributed by atoms with Gasteiger partial charge < -0.3 is 4.98 Å². The quantitative estimate of drug-likeness (QED) is 0.857. The molecule has 0 amide bonds. The van der Waals surface area contributed by atoms with Crippen molar-refractivity contribution in [2.24, 2.45) is 0 Å². The molecule has 2 N–H and O–H groups in total. The third-order valence-electron chi connectivity index (χ3n) is 2.54. The van der Waals surface area contributed by atoms with E-state index in [1.54, 1.807) is 29.6 Å². The summed E-state index contributed by atoms with van der Waals surface area (Å²) in [6.45, 7) is 0.0236. The van der Waals surface area contributed by atoms with Gasteiger partial charge in [0.05, 0.1) is 23.9 Å². The molecule has 0 fully saturated rings. The first kappa shape index (κ1) is 14.5. The molecule has 0 bridgehead atoms. The van der Waals surface area contributed by atoms with Gasteiger partial charge in [-0.2, -0.15) is 5.26 Å². The topological polar surface area (TPSA) is 103 Å². The highest BCUT2D eigenvalue weighted by molar-refractivity contribution is 7.88. The molecule has 0 spiro atoms. The Morgan fingerprint density at radius 1 is 1.35 bits per heavy atom. The average molecular weight is 309 g/mol. The van der Waals surface area contributed by atoms with E-state index in [4.69, 9.17) is 5.26 Å². The minimum Gasteiger partial charge on any atom is -0.315 e. The van der Waals surface area contributed by atoms with Crippen molar-refractivity contribution >= 4 is 21.4 Å². The molecule has 0 aliphatic carbocycles. The van der Waals surface area contributed by atoms with E-state index >= 15 is 0 Å². The molecule has 104 valence electrons. The highest BCUT2D eigenvalue weighted by atomic mass is 32.2. The van der Waals surface area contributed by atoms with Crippen molar-refractivity contribution in [3.8, 4) is 6.07 Å². The van der Waals surface area contributed by atoms with Gasteiger partial charge in [-0.1, -0.05) is 29.5 Å². The van der Waals surface area contributed by atoms with Crippen molar-refractivity contribution in [1.82, 2.24) is 9.71 Å². The summed E-state index contributed by atoms with van der Waals surface area (Å²) in [5.74, 6) is -0.273. The molecule has 2 aromatic rings. The van der Waals surface area contributed by atoms with Crippen LogP contribution in [0.25, 0.3) is 0 Å². The lowest BCUT2D eigenvalue weighted by Crippen LogP contribution is -2.25. The van der Waals surface area contributed by atoms with Crippen molar-refractivity contribution in [1.29, 1.82) is 5.26 Å². The summed E-state index contributed by atoms with van der Waals surface area (Å²) < 4.78 is 26.3. The summed E-state index contributed by atoms with van der Waals surface area (Å²) in [4.78, 5) is 13.2. The maximum absolute atomic E-state index is 11.9. The lowest BCUT2D eigenvalue weighted by Gasteiger charge is -2.06. The second-order valence-corrected chi connectivity index (χ2v) is 6.67. The number of aromatic amines is 1. The van der Waals surface area contributed by atoms with Crippen molar-refractivity contribution in [2.45, 2.75) is 12.3 Å². The van der Waals surface area contributed by atoms with Crippen LogP contribution in [0.5, 0.6) is 0 Å². The van der Waals surface area contributed by atoms with Crippen LogP contribution in [0.15, 0.2) is 34.4 Å². The van der Waals surface area contributed by atoms with Crippen LogP contribution in [0.1, 0.15) is 16.8 Å². The van der Waals surface area contributed by atoms with Crippen molar-refractivity contribution in [3.63, 3.8) is 0 Å². The summed E-state index contributed by atoms with van der Waals surface area (Å²) in [6, 6.07) is 8.49. The Morgan fingerprint density at radius 3 is 2.75 bits per heavy atom. The van der Waals surface area contributed by atoms with E-state index in [2.05, 4.69) is 9.71 Å². The number of benzene rings is 1. The van der Waals surface area contributed by atoms with Gasteiger partial charge >= 0.3 is 4.87 Å². The summed E-state index contributed by atoms with van der Waals surface area (Å²) >= 11 is 0.976. The van der Waals surface area contributed by atoms with E-state index in [1.165, 1.54) is 0 Å². The van der Waals surface area contributed by atoms with E-state index in [0.717, 1.165) is 11.3 Å². The number of sulfonamides is 1. The van der Waals surface area contributed by atoms with E-state index in [-0.39, 0.29) is 17.2 Å². The Morgan fingerprint density at radius 2 is 2.10 bits per heavy atom. The number of H-pyrrole nitrogens is 1. The van der Waals surface area contributed by atoms with Crippen LogP contribution in [-0.2, 0) is 22.3 Å². The summed E-state index contributed by atoms with van der Waals surface area (Å²) in [5.41, 5.74) is 1.29. The Hall–Kier alpha value is -1.95.